The number of allylic oxidation sites excluding steroid dienone is 36. The number of carbonyl (C=O) groups excluding carboxylic acids is 4. The van der Waals surface area contributed by atoms with Gasteiger partial charge in [-0.15, -0.1) is 0 Å². The number of esters is 4. The van der Waals surface area contributed by atoms with E-state index in [1.54, 1.807) is 24.3 Å². The molecule has 5 unspecified atom stereocenters. The molecule has 0 aliphatic rings. The van der Waals surface area contributed by atoms with Gasteiger partial charge in [-0.1, -0.05) is 284 Å². The zero-order valence-electron chi connectivity index (χ0n) is 64.5. The first-order chi connectivity index (χ1) is 51.7. The summed E-state index contributed by atoms with van der Waals surface area (Å²) in [7, 11) is -10.1. The summed E-state index contributed by atoms with van der Waals surface area (Å²) in [5, 5.41) is 10.6. The number of hydrogen-bond donors (Lipinski definition) is 3. The van der Waals surface area contributed by atoms with Crippen LogP contribution in [0.15, 0.2) is 231 Å². The molecule has 0 saturated heterocycles. The number of aliphatic hydroxyl groups is 1. The maximum atomic E-state index is 13.1. The van der Waals surface area contributed by atoms with Gasteiger partial charge in [0.1, 0.15) is 19.3 Å². The highest BCUT2D eigenvalue weighted by Gasteiger charge is 2.30. The molecule has 0 saturated carbocycles. The maximum absolute atomic E-state index is 13.1. The molecule has 0 rings (SSSR count). The van der Waals surface area contributed by atoms with Crippen molar-refractivity contribution in [3.63, 3.8) is 0 Å². The van der Waals surface area contributed by atoms with Crippen LogP contribution in [0.5, 0.6) is 0 Å². The molecule has 17 nitrogen and oxygen atoms in total. The summed E-state index contributed by atoms with van der Waals surface area (Å²) in [5.41, 5.74) is 0. The van der Waals surface area contributed by atoms with Gasteiger partial charge in [0.2, 0.25) is 0 Å². The largest absolute Gasteiger partial charge is 0.472 e. The minimum Gasteiger partial charge on any atom is -0.462 e. The second kappa shape index (κ2) is 76.3. The van der Waals surface area contributed by atoms with Crippen LogP contribution in [0.2, 0.25) is 0 Å². The molecule has 5 atom stereocenters. The number of phosphoric acid groups is 2. The highest BCUT2D eigenvalue weighted by atomic mass is 31.2. The second-order valence-corrected chi connectivity index (χ2v) is 27.4. The Kier molecular flexibility index (Phi) is 71.4. The Morgan fingerprint density at radius 2 is 0.519 bits per heavy atom. The van der Waals surface area contributed by atoms with Crippen LogP contribution in [-0.2, 0) is 65.4 Å². The number of carbonyl (C=O) groups is 4. The minimum absolute atomic E-state index is 0.00238. The zero-order valence-corrected chi connectivity index (χ0v) is 66.3. The van der Waals surface area contributed by atoms with Gasteiger partial charge in [-0.3, -0.25) is 37.3 Å². The van der Waals surface area contributed by atoms with Gasteiger partial charge in [0.15, 0.2) is 12.2 Å². The number of hydrogen-bond acceptors (Lipinski definition) is 15. The molecule has 19 heteroatoms. The Hall–Kier alpha value is -6.88. The number of unbranched alkanes of at least 4 members (excludes halogenated alkanes) is 7. The Bertz CT molecular complexity index is 2930. The fourth-order valence-corrected chi connectivity index (χ4v) is 10.6. The van der Waals surface area contributed by atoms with E-state index >= 15 is 0 Å². The van der Waals surface area contributed by atoms with Gasteiger partial charge in [0.05, 0.1) is 39.3 Å². The van der Waals surface area contributed by atoms with Crippen LogP contribution in [-0.4, -0.2) is 96.7 Å². The van der Waals surface area contributed by atoms with E-state index in [1.807, 2.05) is 36.5 Å². The van der Waals surface area contributed by atoms with Gasteiger partial charge < -0.3 is 33.8 Å². The van der Waals surface area contributed by atoms with Gasteiger partial charge in [-0.25, -0.2) is 9.13 Å². The smallest absolute Gasteiger partial charge is 0.462 e. The van der Waals surface area contributed by atoms with Crippen LogP contribution in [0.4, 0.5) is 0 Å². The molecule has 106 heavy (non-hydrogen) atoms. The minimum atomic E-state index is -5.04. The lowest BCUT2D eigenvalue weighted by Crippen LogP contribution is -2.30. The second-order valence-electron chi connectivity index (χ2n) is 24.4. The molecule has 0 aliphatic heterocycles. The Labute approximate surface area is 638 Å². The van der Waals surface area contributed by atoms with E-state index in [9.17, 15) is 43.2 Å². The van der Waals surface area contributed by atoms with Crippen molar-refractivity contribution < 1.29 is 80.2 Å². The van der Waals surface area contributed by atoms with Gasteiger partial charge >= 0.3 is 39.5 Å². The first kappa shape index (κ1) is 99.1. The number of ether oxygens (including phenoxy) is 4. The zero-order chi connectivity index (χ0) is 77.4. The third-order valence-corrected chi connectivity index (χ3v) is 16.6. The monoisotopic (exact) mass is 1510 g/mol. The number of phosphoric ester groups is 2. The molecule has 0 aromatic carbocycles. The van der Waals surface area contributed by atoms with Crippen LogP contribution >= 0.6 is 15.6 Å². The lowest BCUT2D eigenvalue weighted by molar-refractivity contribution is -0.161. The Morgan fingerprint density at radius 3 is 0.858 bits per heavy atom. The molecule has 0 aromatic heterocycles. The summed E-state index contributed by atoms with van der Waals surface area (Å²) in [6.45, 7) is 4.04. The van der Waals surface area contributed by atoms with Crippen LogP contribution in [0.3, 0.4) is 0 Å². The SMILES string of the molecule is CC/C=C\C/C=C\C/C=C\C/C=C\C/C=C\CCCC(=O)OC(COC(=O)CCCCCCCC/C=C\C/C=C\C/C=C\C/C=C\CC)COP(=O)(O)OCC(O)COP(=O)(O)OCC(COC(=O)C/C=C\C/C=C\C/C=C\C/C=C\C/C=C\CC)OC(=O)C/C=C\C/C=C\C/C=C\C/C=C\C/C=C\CC. The van der Waals surface area contributed by atoms with Crippen molar-refractivity contribution in [1.82, 2.24) is 0 Å². The fourth-order valence-electron chi connectivity index (χ4n) is 8.98. The average molecular weight is 1510 g/mol. The molecule has 3 N–H and O–H groups in total. The van der Waals surface area contributed by atoms with Crippen LogP contribution in [0, 0.1) is 0 Å². The van der Waals surface area contributed by atoms with E-state index in [4.69, 9.17) is 37.0 Å². The molecule has 0 heterocycles. The van der Waals surface area contributed by atoms with Crippen molar-refractivity contribution in [2.75, 3.05) is 39.6 Å². The Morgan fingerprint density at radius 1 is 0.274 bits per heavy atom. The predicted octanol–water partition coefficient (Wildman–Crippen LogP) is 22.7. The van der Waals surface area contributed by atoms with Gasteiger partial charge in [0, 0.05) is 12.8 Å². The van der Waals surface area contributed by atoms with E-state index in [0.29, 0.717) is 32.1 Å². The van der Waals surface area contributed by atoms with E-state index in [-0.39, 0.29) is 25.7 Å². The van der Waals surface area contributed by atoms with Crippen molar-refractivity contribution in [3.05, 3.63) is 231 Å². The molecule has 0 fully saturated rings. The molecule has 0 spiro atoms. The van der Waals surface area contributed by atoms with Gasteiger partial charge in [0.25, 0.3) is 0 Å². The third-order valence-electron chi connectivity index (χ3n) is 14.7. The summed E-state index contributed by atoms with van der Waals surface area (Å²) in [6, 6.07) is 0. The molecular formula is C87H132O17P2. The topological polar surface area (TPSA) is 237 Å². The summed E-state index contributed by atoms with van der Waals surface area (Å²) >= 11 is 0. The summed E-state index contributed by atoms with van der Waals surface area (Å²) < 4.78 is 68.2. The lowest BCUT2D eigenvalue weighted by atomic mass is 10.1. The Balaban J connectivity index is 5.59. The third kappa shape index (κ3) is 75.4. The molecule has 0 aromatic rings. The lowest BCUT2D eigenvalue weighted by Gasteiger charge is -2.21. The molecule has 0 aliphatic carbocycles. The van der Waals surface area contributed by atoms with E-state index in [2.05, 4.69) is 198 Å². The van der Waals surface area contributed by atoms with Crippen molar-refractivity contribution in [2.24, 2.45) is 0 Å². The predicted molar refractivity (Wildman–Crippen MR) is 435 cm³/mol. The first-order valence-corrected chi connectivity index (χ1v) is 41.6. The first-order valence-electron chi connectivity index (χ1n) is 38.6. The molecule has 0 amide bonds. The maximum Gasteiger partial charge on any atom is 0.472 e. The fraction of sp³-hybridized carbons (Fsp3) is 0.517. The van der Waals surface area contributed by atoms with E-state index < -0.39 is 97.5 Å². The molecule has 592 valence electrons. The summed E-state index contributed by atoms with van der Waals surface area (Å²) in [6.07, 6.45) is 98.2. The van der Waals surface area contributed by atoms with Crippen LogP contribution in [0.1, 0.15) is 233 Å². The summed E-state index contributed by atoms with van der Waals surface area (Å²) in [5.74, 6) is -2.59. The molecule has 0 bridgehead atoms. The number of aliphatic hydroxyl groups excluding tert-OH is 1. The molecule has 0 radical (unpaired) electrons. The van der Waals surface area contributed by atoms with Crippen LogP contribution < -0.4 is 0 Å². The van der Waals surface area contributed by atoms with Crippen molar-refractivity contribution in [2.45, 2.75) is 251 Å². The standard InChI is InChI=1S/C87H132O17P2/c1-5-9-13-17-21-25-29-33-37-39-40-42-45-48-52-56-60-64-68-72-85(90)98-78-83(104-87(92)74-70-66-62-58-54-50-46-41-38-34-30-26-22-18-14-10-6-2)80-102-106(95,96)100-76-81(88)75-99-105(93,94)101-79-82(103-86(91)73-69-65-61-57-53-49-44-36-32-28-24-20-16-12-8-4)77-97-84(89)71-67-63-59-55-51-47-43-35-31-27-23-19-15-11-7-3/h9-16,21-28,33-38,40,42-44,46,50-51,53,55,57-58,62-63,65,67,69,81-83,88H,5-8,17-20,29-32,39,41,45,47-49,52,54,56,59-61,64,66,68,70-80H2,1-4H3,(H,93,94)(H,95,96)/b13-9-,14-10-,15-11-,16-12-,25-21-,26-22-,27-23-,28-24-,37-33-,38-34-,42-40-,43-35-,44-36-,50-46-,55-51-,57-53-,62-58-,67-63-,69-65-. The van der Waals surface area contributed by atoms with E-state index in [1.165, 1.54) is 0 Å². The molecular weight excluding hydrogens is 1380 g/mol. The number of rotatable bonds is 69. The van der Waals surface area contributed by atoms with E-state index in [0.717, 1.165) is 148 Å². The van der Waals surface area contributed by atoms with Crippen LogP contribution in [0.25, 0.3) is 0 Å². The van der Waals surface area contributed by atoms with Crippen molar-refractivity contribution >= 4 is 39.5 Å². The van der Waals surface area contributed by atoms with Crippen molar-refractivity contribution in [3.8, 4) is 0 Å². The summed E-state index contributed by atoms with van der Waals surface area (Å²) in [4.78, 5) is 72.8. The highest BCUT2D eigenvalue weighted by molar-refractivity contribution is 7.47. The highest BCUT2D eigenvalue weighted by Crippen LogP contribution is 2.45. The van der Waals surface area contributed by atoms with Gasteiger partial charge in [-0.05, 0) is 154 Å². The van der Waals surface area contributed by atoms with Gasteiger partial charge in [-0.2, -0.15) is 0 Å². The average Bonchev–Trinajstić information content (AvgIpc) is 0.907. The van der Waals surface area contributed by atoms with Crippen molar-refractivity contribution in [1.29, 1.82) is 0 Å². The quantitative estimate of drug-likeness (QED) is 0.0169. The normalized spacial score (nSPS) is 15.1.